The number of thioether (sulfide) groups is 1. The van der Waals surface area contributed by atoms with Gasteiger partial charge in [0.1, 0.15) is 5.82 Å². The average molecular weight is 371 g/mol. The summed E-state index contributed by atoms with van der Waals surface area (Å²) in [6.45, 7) is 3.72. The fraction of sp³-hybridized carbons (Fsp3) is 0.167. The van der Waals surface area contributed by atoms with Crippen molar-refractivity contribution >= 4 is 23.4 Å². The molecule has 3 rings (SSSR count). The molecule has 6 nitrogen and oxygen atoms in total. The zero-order chi connectivity index (χ0) is 18.7. The molecule has 0 aliphatic heterocycles. The molecule has 2 aromatic carbocycles. The molecular weight excluding hydrogens is 353 g/mol. The van der Waals surface area contributed by atoms with Gasteiger partial charge in [0.15, 0.2) is 5.82 Å². The molecule has 0 fully saturated rings. The lowest BCUT2D eigenvalue weighted by molar-refractivity contribution is -0.115. The minimum Gasteiger partial charge on any atom is -0.335 e. The lowest BCUT2D eigenvalue weighted by atomic mass is 10.1. The van der Waals surface area contributed by atoms with Gasteiger partial charge in [-0.15, -0.1) is 10.2 Å². The van der Waals surface area contributed by atoms with E-state index in [0.29, 0.717) is 16.7 Å². The van der Waals surface area contributed by atoms with Gasteiger partial charge < -0.3 is 11.2 Å². The van der Waals surface area contributed by atoms with E-state index in [1.807, 2.05) is 31.2 Å². The van der Waals surface area contributed by atoms with Crippen LogP contribution in [0.4, 0.5) is 10.1 Å². The maximum Gasteiger partial charge on any atom is 0.237 e. The SMILES string of the molecule is Cc1ccc(-c2nnc(S[C@@H](C)C(=O)Nc3cccc(F)c3)n2N)cc1. The molecule has 0 saturated heterocycles. The van der Waals surface area contributed by atoms with E-state index in [4.69, 9.17) is 5.84 Å². The standard InChI is InChI=1S/C18H18FN5OS/c1-11-6-8-13(9-7-11)16-22-23-18(24(16)20)26-12(2)17(25)21-15-5-3-4-14(19)10-15/h3-10,12H,20H2,1-2H3,(H,21,25)/t12-/m0/s1. The number of nitrogen functional groups attached to an aromatic ring is 1. The number of amides is 1. The fourth-order valence-electron chi connectivity index (χ4n) is 2.28. The first-order valence-corrected chi connectivity index (χ1v) is 8.82. The van der Waals surface area contributed by atoms with Gasteiger partial charge in [-0.2, -0.15) is 0 Å². The maximum atomic E-state index is 13.2. The summed E-state index contributed by atoms with van der Waals surface area (Å²) < 4.78 is 14.6. The second-order valence-electron chi connectivity index (χ2n) is 5.80. The van der Waals surface area contributed by atoms with Crippen molar-refractivity contribution in [1.29, 1.82) is 0 Å². The highest BCUT2D eigenvalue weighted by molar-refractivity contribution is 8.00. The lowest BCUT2D eigenvalue weighted by Gasteiger charge is -2.11. The number of hydrogen-bond acceptors (Lipinski definition) is 5. The minimum atomic E-state index is -0.490. The van der Waals surface area contributed by atoms with Crippen LogP contribution in [-0.4, -0.2) is 26.0 Å². The van der Waals surface area contributed by atoms with Crippen molar-refractivity contribution in [2.45, 2.75) is 24.3 Å². The normalized spacial score (nSPS) is 12.0. The second-order valence-corrected chi connectivity index (χ2v) is 7.11. The predicted molar refractivity (Wildman–Crippen MR) is 101 cm³/mol. The molecule has 1 heterocycles. The Morgan fingerprint density at radius 1 is 1.23 bits per heavy atom. The molecule has 3 aromatic rings. The Bertz CT molecular complexity index is 926. The summed E-state index contributed by atoms with van der Waals surface area (Å²) >= 11 is 1.18. The first-order chi connectivity index (χ1) is 12.4. The first kappa shape index (κ1) is 17.9. The number of rotatable bonds is 5. The Hall–Kier alpha value is -2.87. The van der Waals surface area contributed by atoms with Gasteiger partial charge in [0, 0.05) is 11.3 Å². The Labute approximate surface area is 154 Å². The van der Waals surface area contributed by atoms with E-state index in [1.54, 1.807) is 13.0 Å². The smallest absolute Gasteiger partial charge is 0.237 e. The molecular formula is C18H18FN5OS. The molecule has 134 valence electrons. The van der Waals surface area contributed by atoms with E-state index in [9.17, 15) is 9.18 Å². The van der Waals surface area contributed by atoms with Crippen molar-refractivity contribution in [2.75, 3.05) is 11.2 Å². The quantitative estimate of drug-likeness (QED) is 0.531. The van der Waals surface area contributed by atoms with Crippen molar-refractivity contribution in [2.24, 2.45) is 0 Å². The lowest BCUT2D eigenvalue weighted by Crippen LogP contribution is -2.23. The number of anilines is 1. The number of nitrogens with one attached hydrogen (secondary N) is 1. The monoisotopic (exact) mass is 371 g/mol. The molecule has 3 N–H and O–H groups in total. The molecule has 0 spiro atoms. The summed E-state index contributed by atoms with van der Waals surface area (Å²) in [5.74, 6) is 5.92. The number of carbonyl (C=O) groups excluding carboxylic acids is 1. The van der Waals surface area contributed by atoms with Crippen LogP contribution in [0.2, 0.25) is 0 Å². The summed E-state index contributed by atoms with van der Waals surface area (Å²) in [6.07, 6.45) is 0. The van der Waals surface area contributed by atoms with Crippen LogP contribution in [0.5, 0.6) is 0 Å². The van der Waals surface area contributed by atoms with Crippen LogP contribution in [0.25, 0.3) is 11.4 Å². The Morgan fingerprint density at radius 2 is 1.96 bits per heavy atom. The maximum absolute atomic E-state index is 13.2. The van der Waals surface area contributed by atoms with Crippen LogP contribution in [0.15, 0.2) is 53.7 Å². The minimum absolute atomic E-state index is 0.277. The zero-order valence-electron chi connectivity index (χ0n) is 14.3. The molecule has 1 aromatic heterocycles. The number of nitrogens with zero attached hydrogens (tertiary/aromatic N) is 3. The van der Waals surface area contributed by atoms with Crippen molar-refractivity contribution in [1.82, 2.24) is 14.9 Å². The van der Waals surface area contributed by atoms with Gasteiger partial charge >= 0.3 is 0 Å². The molecule has 1 amide bonds. The van der Waals surface area contributed by atoms with Gasteiger partial charge in [-0.1, -0.05) is 47.7 Å². The van der Waals surface area contributed by atoms with Crippen LogP contribution >= 0.6 is 11.8 Å². The van der Waals surface area contributed by atoms with Crippen LogP contribution in [0.3, 0.4) is 0 Å². The summed E-state index contributed by atoms with van der Waals surface area (Å²) in [4.78, 5) is 12.3. The highest BCUT2D eigenvalue weighted by Gasteiger charge is 2.20. The molecule has 0 bridgehead atoms. The van der Waals surface area contributed by atoms with Crippen molar-refractivity contribution in [3.05, 3.63) is 59.9 Å². The van der Waals surface area contributed by atoms with Gasteiger partial charge in [0.25, 0.3) is 0 Å². The van der Waals surface area contributed by atoms with Crippen LogP contribution in [0.1, 0.15) is 12.5 Å². The molecule has 0 aliphatic carbocycles. The number of carbonyl (C=O) groups is 1. The van der Waals surface area contributed by atoms with Gasteiger partial charge in [-0.25, -0.2) is 9.07 Å². The van der Waals surface area contributed by atoms with Crippen LogP contribution in [0, 0.1) is 12.7 Å². The van der Waals surface area contributed by atoms with E-state index in [2.05, 4.69) is 15.5 Å². The Morgan fingerprint density at radius 3 is 2.65 bits per heavy atom. The van der Waals surface area contributed by atoms with Gasteiger partial charge in [-0.3, -0.25) is 4.79 Å². The van der Waals surface area contributed by atoms with Crippen LogP contribution in [-0.2, 0) is 4.79 Å². The summed E-state index contributed by atoms with van der Waals surface area (Å²) in [6, 6.07) is 13.5. The van der Waals surface area contributed by atoms with Gasteiger partial charge in [0.05, 0.1) is 5.25 Å². The number of aromatic nitrogens is 3. The van der Waals surface area contributed by atoms with E-state index in [-0.39, 0.29) is 5.91 Å². The fourth-order valence-corrected chi connectivity index (χ4v) is 3.05. The molecule has 0 unspecified atom stereocenters. The summed E-state index contributed by atoms with van der Waals surface area (Å²) in [7, 11) is 0. The first-order valence-electron chi connectivity index (χ1n) is 7.94. The van der Waals surface area contributed by atoms with Gasteiger partial charge in [0.2, 0.25) is 11.1 Å². The number of halogens is 1. The number of hydrogen-bond donors (Lipinski definition) is 2. The highest BCUT2D eigenvalue weighted by atomic mass is 32.2. The van der Waals surface area contributed by atoms with E-state index >= 15 is 0 Å². The molecule has 26 heavy (non-hydrogen) atoms. The molecule has 0 saturated carbocycles. The van der Waals surface area contributed by atoms with Crippen molar-refractivity contribution in [3.63, 3.8) is 0 Å². The molecule has 0 radical (unpaired) electrons. The van der Waals surface area contributed by atoms with Gasteiger partial charge in [-0.05, 0) is 32.0 Å². The molecule has 0 aliphatic rings. The molecule has 8 heteroatoms. The third kappa shape index (κ3) is 4.02. The van der Waals surface area contributed by atoms with E-state index < -0.39 is 11.1 Å². The number of benzene rings is 2. The Kier molecular flexibility index (Phi) is 5.22. The summed E-state index contributed by atoms with van der Waals surface area (Å²) in [5, 5.41) is 10.8. The zero-order valence-corrected chi connectivity index (χ0v) is 15.1. The summed E-state index contributed by atoms with van der Waals surface area (Å²) in [5.41, 5.74) is 2.38. The van der Waals surface area contributed by atoms with Crippen LogP contribution < -0.4 is 11.2 Å². The third-order valence-electron chi connectivity index (χ3n) is 3.72. The van der Waals surface area contributed by atoms with E-state index in [1.165, 1.54) is 34.6 Å². The third-order valence-corrected chi connectivity index (χ3v) is 4.77. The molecule has 1 atom stereocenters. The van der Waals surface area contributed by atoms with Crippen molar-refractivity contribution in [3.8, 4) is 11.4 Å². The second kappa shape index (κ2) is 7.57. The predicted octanol–water partition coefficient (Wildman–Crippen LogP) is 3.23. The average Bonchev–Trinajstić information content (AvgIpc) is 2.96. The highest BCUT2D eigenvalue weighted by Crippen LogP contribution is 2.25. The topological polar surface area (TPSA) is 85.8 Å². The largest absolute Gasteiger partial charge is 0.335 e. The Balaban J connectivity index is 1.70. The van der Waals surface area contributed by atoms with E-state index in [0.717, 1.165) is 11.1 Å². The number of nitrogens with two attached hydrogens (primary N) is 1. The number of aryl methyl sites for hydroxylation is 1. The van der Waals surface area contributed by atoms with Crippen molar-refractivity contribution < 1.29 is 9.18 Å².